The zero-order valence-corrected chi connectivity index (χ0v) is 20.0. The Balaban J connectivity index is 2.52. The van der Waals surface area contributed by atoms with Gasteiger partial charge in [0.15, 0.2) is 5.11 Å². The van der Waals surface area contributed by atoms with Gasteiger partial charge in [-0.05, 0) is 51.5 Å². The summed E-state index contributed by atoms with van der Waals surface area (Å²) in [6, 6.07) is 5.05. The van der Waals surface area contributed by atoms with Crippen LogP contribution in [0.4, 0.5) is 0 Å². The van der Waals surface area contributed by atoms with Gasteiger partial charge in [-0.3, -0.25) is 0 Å². The second-order valence-corrected chi connectivity index (χ2v) is 8.38. The highest BCUT2D eigenvalue weighted by molar-refractivity contribution is 7.80. The first kappa shape index (κ1) is 25.0. The van der Waals surface area contributed by atoms with Gasteiger partial charge >= 0.3 is 11.9 Å². The molecule has 0 aliphatic carbocycles. The minimum absolute atomic E-state index is 0.0252. The van der Waals surface area contributed by atoms with Crippen LogP contribution in [0.5, 0.6) is 0 Å². The fourth-order valence-corrected chi connectivity index (χ4v) is 3.78. The van der Waals surface area contributed by atoms with Crippen molar-refractivity contribution < 1.29 is 19.1 Å². The van der Waals surface area contributed by atoms with Gasteiger partial charge < -0.3 is 25.8 Å². The van der Waals surface area contributed by atoms with Crippen molar-refractivity contribution in [3.8, 4) is 0 Å². The van der Waals surface area contributed by atoms with Gasteiger partial charge in [-0.15, -0.1) is 0 Å². The van der Waals surface area contributed by atoms with Gasteiger partial charge in [0.05, 0.1) is 39.8 Å². The van der Waals surface area contributed by atoms with E-state index in [1.807, 2.05) is 0 Å². The summed E-state index contributed by atoms with van der Waals surface area (Å²) >= 11 is 17.5. The fourth-order valence-electron chi connectivity index (χ4n) is 3.26. The van der Waals surface area contributed by atoms with E-state index in [0.29, 0.717) is 22.0 Å². The number of hydrogen-bond acceptors (Lipinski definition) is 6. The molecule has 168 valence electrons. The van der Waals surface area contributed by atoms with Gasteiger partial charge in [-0.25, -0.2) is 9.59 Å². The lowest BCUT2D eigenvalue weighted by Crippen LogP contribution is -2.35. The summed E-state index contributed by atoms with van der Waals surface area (Å²) in [5.41, 5.74) is 7.47. The van der Waals surface area contributed by atoms with Gasteiger partial charge in [0.2, 0.25) is 0 Å². The standard InChI is InChI=1S/C21H25Cl2N3O4S/c1-10(2)30-20(28)16-12(4)26-11(3)15(19(27)29-9-8-25-21(24)31)17(16)13-6-5-7-14(22)18(13)23/h5-7,10,17,26H,8-9H2,1-4H3,(H3,24,25,31). The summed E-state index contributed by atoms with van der Waals surface area (Å²) in [6.07, 6.45) is -0.350. The van der Waals surface area contributed by atoms with E-state index in [4.69, 9.17) is 50.6 Å². The Kier molecular flexibility index (Phi) is 8.73. The number of rotatable bonds is 7. The first-order valence-corrected chi connectivity index (χ1v) is 10.7. The van der Waals surface area contributed by atoms with Crippen molar-refractivity contribution in [2.75, 3.05) is 13.2 Å². The van der Waals surface area contributed by atoms with Gasteiger partial charge in [-0.2, -0.15) is 0 Å². The van der Waals surface area contributed by atoms with Crippen LogP contribution in [0.25, 0.3) is 0 Å². The molecule has 0 fully saturated rings. The van der Waals surface area contributed by atoms with Crippen LogP contribution in [0.1, 0.15) is 39.2 Å². The third-order valence-corrected chi connectivity index (χ3v) is 5.45. The predicted molar refractivity (Wildman–Crippen MR) is 125 cm³/mol. The molecule has 31 heavy (non-hydrogen) atoms. The van der Waals surface area contributed by atoms with Crippen LogP contribution in [0.3, 0.4) is 0 Å². The number of ether oxygens (including phenoxy) is 2. The average molecular weight is 486 g/mol. The maximum atomic E-state index is 13.1. The van der Waals surface area contributed by atoms with Gasteiger partial charge in [-0.1, -0.05) is 35.3 Å². The molecule has 1 atom stereocenters. The van der Waals surface area contributed by atoms with Crippen LogP contribution in [0, 0.1) is 0 Å². The zero-order chi connectivity index (χ0) is 23.3. The first-order chi connectivity index (χ1) is 14.5. The summed E-state index contributed by atoms with van der Waals surface area (Å²) in [7, 11) is 0. The quantitative estimate of drug-likeness (QED) is 0.306. The predicted octanol–water partition coefficient (Wildman–Crippen LogP) is 3.56. The third-order valence-electron chi connectivity index (χ3n) is 4.47. The Morgan fingerprint density at radius 2 is 1.81 bits per heavy atom. The van der Waals surface area contributed by atoms with E-state index in [9.17, 15) is 9.59 Å². The summed E-state index contributed by atoms with van der Waals surface area (Å²) in [5, 5.41) is 6.44. The molecule has 0 amide bonds. The van der Waals surface area contributed by atoms with E-state index in [1.165, 1.54) is 0 Å². The van der Waals surface area contributed by atoms with Crippen molar-refractivity contribution in [3.63, 3.8) is 0 Å². The lowest BCUT2D eigenvalue weighted by molar-refractivity contribution is -0.143. The molecule has 1 heterocycles. The fraction of sp³-hybridized carbons (Fsp3) is 0.381. The highest BCUT2D eigenvalue weighted by Crippen LogP contribution is 2.43. The minimum atomic E-state index is -0.824. The lowest BCUT2D eigenvalue weighted by Gasteiger charge is -2.31. The maximum absolute atomic E-state index is 13.1. The van der Waals surface area contributed by atoms with E-state index >= 15 is 0 Å². The SMILES string of the molecule is CC1=C(C(=O)OCCNC(N)=S)C(c2cccc(Cl)c2Cl)C(C(=O)OC(C)C)=C(C)N1. The number of nitrogens with two attached hydrogens (primary N) is 1. The third kappa shape index (κ3) is 6.12. The molecule has 1 unspecified atom stereocenters. The Morgan fingerprint density at radius 1 is 1.19 bits per heavy atom. The van der Waals surface area contributed by atoms with Crippen molar-refractivity contribution in [2.24, 2.45) is 5.73 Å². The molecular weight excluding hydrogens is 461 g/mol. The smallest absolute Gasteiger partial charge is 0.337 e. The van der Waals surface area contributed by atoms with E-state index < -0.39 is 17.9 Å². The summed E-state index contributed by atoms with van der Waals surface area (Å²) in [4.78, 5) is 26.1. The normalized spacial score (nSPS) is 16.2. The van der Waals surface area contributed by atoms with E-state index in [1.54, 1.807) is 45.9 Å². The molecule has 1 aliphatic rings. The number of dihydropyridines is 1. The molecule has 2 rings (SSSR count). The summed E-state index contributed by atoms with van der Waals surface area (Å²) in [5.74, 6) is -2.00. The molecule has 10 heteroatoms. The van der Waals surface area contributed by atoms with Crippen molar-refractivity contribution in [2.45, 2.75) is 39.7 Å². The molecule has 7 nitrogen and oxygen atoms in total. The van der Waals surface area contributed by atoms with Crippen LogP contribution in [-0.2, 0) is 19.1 Å². The van der Waals surface area contributed by atoms with Crippen molar-refractivity contribution in [1.82, 2.24) is 10.6 Å². The van der Waals surface area contributed by atoms with Gasteiger partial charge in [0.25, 0.3) is 0 Å². The topological polar surface area (TPSA) is 103 Å². The highest BCUT2D eigenvalue weighted by atomic mass is 35.5. The zero-order valence-electron chi connectivity index (χ0n) is 17.7. The van der Waals surface area contributed by atoms with Crippen LogP contribution in [-0.4, -0.2) is 36.3 Å². The van der Waals surface area contributed by atoms with Gasteiger partial charge in [0, 0.05) is 11.4 Å². The second-order valence-electron chi connectivity index (χ2n) is 7.16. The second kappa shape index (κ2) is 10.8. The van der Waals surface area contributed by atoms with Gasteiger partial charge in [0.1, 0.15) is 6.61 Å². The Bertz CT molecular complexity index is 960. The highest BCUT2D eigenvalue weighted by Gasteiger charge is 2.39. The molecule has 1 aromatic carbocycles. The minimum Gasteiger partial charge on any atom is -0.460 e. The average Bonchev–Trinajstić information content (AvgIpc) is 2.65. The molecule has 0 saturated heterocycles. The van der Waals surface area contributed by atoms with E-state index in [0.717, 1.165) is 0 Å². The lowest BCUT2D eigenvalue weighted by atomic mass is 9.80. The first-order valence-electron chi connectivity index (χ1n) is 9.58. The van der Waals surface area contributed by atoms with Crippen LogP contribution < -0.4 is 16.4 Å². The van der Waals surface area contributed by atoms with Crippen molar-refractivity contribution >= 4 is 52.5 Å². The number of allylic oxidation sites excluding steroid dienone is 2. The molecule has 1 aromatic rings. The number of halogens is 2. The summed E-state index contributed by atoms with van der Waals surface area (Å²) in [6.45, 7) is 7.23. The number of carbonyl (C=O) groups is 2. The Labute approximate surface area is 196 Å². The monoisotopic (exact) mass is 485 g/mol. The number of benzene rings is 1. The molecule has 0 aromatic heterocycles. The number of hydrogen-bond donors (Lipinski definition) is 3. The van der Waals surface area contributed by atoms with Crippen molar-refractivity contribution in [1.29, 1.82) is 0 Å². The molecule has 0 spiro atoms. The molecule has 0 saturated carbocycles. The van der Waals surface area contributed by atoms with Crippen LogP contribution in [0.15, 0.2) is 40.7 Å². The largest absolute Gasteiger partial charge is 0.460 e. The molecule has 4 N–H and O–H groups in total. The van der Waals surface area contributed by atoms with Crippen LogP contribution >= 0.6 is 35.4 Å². The van der Waals surface area contributed by atoms with E-state index in [2.05, 4.69) is 10.6 Å². The maximum Gasteiger partial charge on any atom is 0.337 e. The number of carbonyl (C=O) groups excluding carboxylic acids is 2. The number of thiocarbonyl (C=S) groups is 1. The van der Waals surface area contributed by atoms with Crippen LogP contribution in [0.2, 0.25) is 10.0 Å². The van der Waals surface area contributed by atoms with Crippen molar-refractivity contribution in [3.05, 3.63) is 56.3 Å². The molecule has 0 radical (unpaired) electrons. The summed E-state index contributed by atoms with van der Waals surface area (Å²) < 4.78 is 10.8. The number of esters is 2. The van der Waals surface area contributed by atoms with E-state index in [-0.39, 0.29) is 40.5 Å². The Morgan fingerprint density at radius 3 is 2.39 bits per heavy atom. The molecule has 0 bridgehead atoms. The number of nitrogens with one attached hydrogen (secondary N) is 2. The molecule has 1 aliphatic heterocycles. The Hall–Kier alpha value is -2.29. The molecular formula is C21H25Cl2N3O4S.